The zero-order valence-electron chi connectivity index (χ0n) is 17.9. The van der Waals surface area contributed by atoms with Crippen molar-refractivity contribution < 1.29 is 19.1 Å². The number of fused-ring (bicyclic) bond motifs is 1. The van der Waals surface area contributed by atoms with E-state index in [-0.39, 0.29) is 23.9 Å². The number of anilines is 1. The van der Waals surface area contributed by atoms with Gasteiger partial charge in [0, 0.05) is 18.8 Å². The number of carbonyl (C=O) groups is 2. The van der Waals surface area contributed by atoms with E-state index in [4.69, 9.17) is 9.47 Å². The maximum absolute atomic E-state index is 13.0. The van der Waals surface area contributed by atoms with Gasteiger partial charge in [-0.15, -0.1) is 11.3 Å². The van der Waals surface area contributed by atoms with E-state index in [1.165, 1.54) is 10.9 Å². The van der Waals surface area contributed by atoms with E-state index >= 15 is 0 Å². The molecule has 0 radical (unpaired) electrons. The third-order valence-electron chi connectivity index (χ3n) is 5.22. The maximum atomic E-state index is 13.0. The Morgan fingerprint density at radius 3 is 2.62 bits per heavy atom. The Balaban J connectivity index is 1.55. The number of thiophene rings is 1. The van der Waals surface area contributed by atoms with Gasteiger partial charge in [-0.25, -0.2) is 4.98 Å². The highest BCUT2D eigenvalue weighted by Gasteiger charge is 2.22. The Hall–Kier alpha value is -3.24. The van der Waals surface area contributed by atoms with Crippen LogP contribution in [-0.4, -0.2) is 59.2 Å². The normalized spacial score (nSPS) is 13.9. The van der Waals surface area contributed by atoms with Crippen LogP contribution in [0.15, 0.2) is 35.4 Å². The van der Waals surface area contributed by atoms with Crippen molar-refractivity contribution in [1.82, 2.24) is 14.5 Å². The molecule has 1 aromatic carbocycles. The molecular formula is C22H24N4O5S. The molecule has 0 unspecified atom stereocenters. The van der Waals surface area contributed by atoms with Gasteiger partial charge in [0.2, 0.25) is 5.91 Å². The summed E-state index contributed by atoms with van der Waals surface area (Å²) >= 11 is 1.16. The van der Waals surface area contributed by atoms with Crippen LogP contribution in [0.1, 0.15) is 22.2 Å². The van der Waals surface area contributed by atoms with Gasteiger partial charge >= 0.3 is 0 Å². The summed E-state index contributed by atoms with van der Waals surface area (Å²) in [7, 11) is 0. The smallest absolute Gasteiger partial charge is 0.266 e. The molecule has 2 amide bonds. The van der Waals surface area contributed by atoms with Crippen molar-refractivity contribution in [1.29, 1.82) is 0 Å². The lowest BCUT2D eigenvalue weighted by Crippen LogP contribution is -2.43. The van der Waals surface area contributed by atoms with Crippen LogP contribution < -0.4 is 15.6 Å². The molecule has 0 saturated carbocycles. The molecule has 0 aliphatic carbocycles. The van der Waals surface area contributed by atoms with Gasteiger partial charge < -0.3 is 19.7 Å². The van der Waals surface area contributed by atoms with Gasteiger partial charge in [0.05, 0.1) is 36.4 Å². The summed E-state index contributed by atoms with van der Waals surface area (Å²) in [5.74, 6) is 0.253. The summed E-state index contributed by atoms with van der Waals surface area (Å²) in [5.41, 5.74) is 0.848. The van der Waals surface area contributed by atoms with Crippen molar-refractivity contribution in [2.75, 3.05) is 38.2 Å². The van der Waals surface area contributed by atoms with Crippen molar-refractivity contribution in [3.05, 3.63) is 51.4 Å². The van der Waals surface area contributed by atoms with Crippen LogP contribution in [-0.2, 0) is 16.1 Å². The van der Waals surface area contributed by atoms with E-state index in [2.05, 4.69) is 10.3 Å². The van der Waals surface area contributed by atoms with Crippen molar-refractivity contribution in [3.63, 3.8) is 0 Å². The molecular weight excluding hydrogens is 432 g/mol. The van der Waals surface area contributed by atoms with Crippen LogP contribution >= 0.6 is 11.3 Å². The van der Waals surface area contributed by atoms with Crippen molar-refractivity contribution in [3.8, 4) is 5.75 Å². The van der Waals surface area contributed by atoms with E-state index in [1.54, 1.807) is 36.1 Å². The monoisotopic (exact) mass is 456 g/mol. The summed E-state index contributed by atoms with van der Waals surface area (Å²) in [6.45, 7) is 6.11. The standard InChI is InChI=1S/C22H24N4O5S/c1-3-31-16-6-4-15(5-7-16)24-20(28)19-14(2)18-21(32-19)23-13-26(22(18)29)12-17(27)25-8-10-30-11-9-25/h4-7,13H,3,8-12H2,1-2H3,(H,24,28). The zero-order valence-corrected chi connectivity index (χ0v) is 18.7. The van der Waals surface area contributed by atoms with Gasteiger partial charge in [-0.3, -0.25) is 19.0 Å². The summed E-state index contributed by atoms with van der Waals surface area (Å²) in [4.78, 5) is 45.3. The summed E-state index contributed by atoms with van der Waals surface area (Å²) in [6.07, 6.45) is 1.37. The average molecular weight is 457 g/mol. The van der Waals surface area contributed by atoms with Gasteiger partial charge in [0.15, 0.2) is 0 Å². The molecule has 10 heteroatoms. The van der Waals surface area contributed by atoms with Gasteiger partial charge in [-0.05, 0) is 43.7 Å². The number of carbonyl (C=O) groups excluding carboxylic acids is 2. The number of nitrogens with one attached hydrogen (secondary N) is 1. The highest BCUT2D eigenvalue weighted by molar-refractivity contribution is 7.20. The molecule has 1 aliphatic rings. The molecule has 1 aliphatic heterocycles. The van der Waals surface area contributed by atoms with E-state index in [1.807, 2.05) is 6.92 Å². The molecule has 168 valence electrons. The van der Waals surface area contributed by atoms with Crippen LogP contribution in [0.2, 0.25) is 0 Å². The second kappa shape index (κ2) is 9.49. The number of rotatable bonds is 6. The molecule has 0 spiro atoms. The number of hydrogen-bond acceptors (Lipinski definition) is 7. The Bertz CT molecular complexity index is 1200. The molecule has 9 nitrogen and oxygen atoms in total. The summed E-state index contributed by atoms with van der Waals surface area (Å²) < 4.78 is 12.0. The van der Waals surface area contributed by atoms with Gasteiger partial charge in [0.25, 0.3) is 11.5 Å². The Morgan fingerprint density at radius 2 is 1.94 bits per heavy atom. The minimum atomic E-state index is -0.328. The minimum Gasteiger partial charge on any atom is -0.494 e. The molecule has 32 heavy (non-hydrogen) atoms. The molecule has 0 bridgehead atoms. The average Bonchev–Trinajstić information content (AvgIpc) is 3.15. The number of morpholine rings is 1. The van der Waals surface area contributed by atoms with E-state index in [0.29, 0.717) is 59.3 Å². The molecule has 4 rings (SSSR count). The van der Waals surface area contributed by atoms with Gasteiger partial charge in [0.1, 0.15) is 17.1 Å². The number of aryl methyl sites for hydroxylation is 1. The third kappa shape index (κ3) is 4.51. The SMILES string of the molecule is CCOc1ccc(NC(=O)c2sc3ncn(CC(=O)N4CCOCC4)c(=O)c3c2C)cc1. The van der Waals surface area contributed by atoms with Crippen LogP contribution in [0, 0.1) is 6.92 Å². The fraction of sp³-hybridized carbons (Fsp3) is 0.364. The predicted octanol–water partition coefficient (Wildman–Crippen LogP) is 2.28. The first kappa shape index (κ1) is 22.0. The number of nitrogens with zero attached hydrogens (tertiary/aromatic N) is 3. The fourth-order valence-electron chi connectivity index (χ4n) is 3.54. The lowest BCUT2D eigenvalue weighted by atomic mass is 10.2. The number of benzene rings is 1. The zero-order chi connectivity index (χ0) is 22.7. The number of hydrogen-bond donors (Lipinski definition) is 1. The van der Waals surface area contributed by atoms with Gasteiger partial charge in [-0.1, -0.05) is 0 Å². The molecule has 1 fully saturated rings. The largest absolute Gasteiger partial charge is 0.494 e. The fourth-order valence-corrected chi connectivity index (χ4v) is 4.57. The van der Waals surface area contributed by atoms with Gasteiger partial charge in [-0.2, -0.15) is 0 Å². The number of amides is 2. The molecule has 3 heterocycles. The highest BCUT2D eigenvalue weighted by Crippen LogP contribution is 2.28. The molecule has 0 atom stereocenters. The Morgan fingerprint density at radius 1 is 1.22 bits per heavy atom. The first-order chi connectivity index (χ1) is 15.5. The number of ether oxygens (including phenoxy) is 2. The second-order valence-corrected chi connectivity index (χ2v) is 8.32. The summed E-state index contributed by atoms with van der Waals surface area (Å²) in [6, 6.07) is 7.08. The molecule has 3 aromatic rings. The number of aromatic nitrogens is 2. The second-order valence-electron chi connectivity index (χ2n) is 7.32. The van der Waals surface area contributed by atoms with Crippen molar-refractivity contribution in [2.45, 2.75) is 20.4 Å². The van der Waals surface area contributed by atoms with E-state index < -0.39 is 0 Å². The van der Waals surface area contributed by atoms with Crippen LogP contribution in [0.4, 0.5) is 5.69 Å². The van der Waals surface area contributed by atoms with E-state index in [9.17, 15) is 14.4 Å². The maximum Gasteiger partial charge on any atom is 0.266 e. The van der Waals surface area contributed by atoms with Crippen molar-refractivity contribution in [2.24, 2.45) is 0 Å². The first-order valence-corrected chi connectivity index (χ1v) is 11.2. The molecule has 1 N–H and O–H groups in total. The molecule has 2 aromatic heterocycles. The predicted molar refractivity (Wildman–Crippen MR) is 122 cm³/mol. The van der Waals surface area contributed by atoms with Crippen LogP contribution in [0.3, 0.4) is 0 Å². The third-order valence-corrected chi connectivity index (χ3v) is 6.41. The Labute approximate surface area is 188 Å². The summed E-state index contributed by atoms with van der Waals surface area (Å²) in [5, 5.41) is 3.21. The topological polar surface area (TPSA) is 103 Å². The lowest BCUT2D eigenvalue weighted by Gasteiger charge is -2.26. The minimum absolute atomic E-state index is 0.0925. The highest BCUT2D eigenvalue weighted by atomic mass is 32.1. The van der Waals surface area contributed by atoms with Crippen LogP contribution in [0.25, 0.3) is 10.2 Å². The lowest BCUT2D eigenvalue weighted by molar-refractivity contribution is -0.135. The Kier molecular flexibility index (Phi) is 6.52. The quantitative estimate of drug-likeness (QED) is 0.611. The molecule has 1 saturated heterocycles. The van der Waals surface area contributed by atoms with Crippen molar-refractivity contribution >= 4 is 39.1 Å². The van der Waals surface area contributed by atoms with Crippen LogP contribution in [0.5, 0.6) is 5.75 Å². The first-order valence-electron chi connectivity index (χ1n) is 10.4. The van der Waals surface area contributed by atoms with E-state index in [0.717, 1.165) is 17.1 Å².